The summed E-state index contributed by atoms with van der Waals surface area (Å²) in [7, 11) is 1.63. The van der Waals surface area contributed by atoms with Crippen molar-refractivity contribution in [3.8, 4) is 5.75 Å². The zero-order valence-electron chi connectivity index (χ0n) is 10.8. The van der Waals surface area contributed by atoms with E-state index in [0.29, 0.717) is 10.8 Å². The van der Waals surface area contributed by atoms with Crippen molar-refractivity contribution in [3.63, 3.8) is 0 Å². The number of aliphatic hydroxyl groups is 1. The number of thioether (sulfide) groups is 1. The first-order valence-corrected chi connectivity index (χ1v) is 6.87. The highest BCUT2D eigenvalue weighted by Gasteiger charge is 2.09. The van der Waals surface area contributed by atoms with Crippen molar-refractivity contribution in [2.24, 2.45) is 5.73 Å². The third-order valence-electron chi connectivity index (χ3n) is 2.65. The van der Waals surface area contributed by atoms with Crippen LogP contribution in [0.3, 0.4) is 0 Å². The predicted molar refractivity (Wildman–Crippen MR) is 76.5 cm³/mol. The predicted octanol–water partition coefficient (Wildman–Crippen LogP) is 1.98. The van der Waals surface area contributed by atoms with Gasteiger partial charge in [-0.3, -0.25) is 5.41 Å². The molecule has 0 fully saturated rings. The van der Waals surface area contributed by atoms with Crippen LogP contribution in [-0.2, 0) is 5.75 Å². The van der Waals surface area contributed by atoms with Gasteiger partial charge in [0.2, 0.25) is 0 Å². The number of nitrogens with two attached hydrogens (primary N) is 1. The molecule has 100 valence electrons. The summed E-state index contributed by atoms with van der Waals surface area (Å²) in [6.45, 7) is 2.29. The third kappa shape index (κ3) is 4.23. The minimum absolute atomic E-state index is 0.0623. The standard InChI is InChI=1S/C13H20N2O2S/c1-9(5-6-16)18-8-11-7-10(13(14)15)3-4-12(11)17-2/h3-4,7,9,16H,5-6,8H2,1-2H3,(H3,14,15). The summed E-state index contributed by atoms with van der Waals surface area (Å²) >= 11 is 1.75. The van der Waals surface area contributed by atoms with Gasteiger partial charge in [0.1, 0.15) is 11.6 Å². The van der Waals surface area contributed by atoms with Crippen LogP contribution in [0.15, 0.2) is 18.2 Å². The number of aliphatic hydroxyl groups excluding tert-OH is 1. The van der Waals surface area contributed by atoms with E-state index in [9.17, 15) is 0 Å². The Morgan fingerprint density at radius 3 is 2.83 bits per heavy atom. The highest BCUT2D eigenvalue weighted by molar-refractivity contribution is 7.99. The topological polar surface area (TPSA) is 79.3 Å². The number of benzene rings is 1. The van der Waals surface area contributed by atoms with Gasteiger partial charge in [0.25, 0.3) is 0 Å². The Kier molecular flexibility index (Phi) is 6.01. The molecule has 0 spiro atoms. The van der Waals surface area contributed by atoms with Crippen molar-refractivity contribution >= 4 is 17.6 Å². The molecule has 0 aromatic heterocycles. The lowest BCUT2D eigenvalue weighted by Crippen LogP contribution is -2.11. The van der Waals surface area contributed by atoms with Gasteiger partial charge in [0, 0.05) is 28.7 Å². The normalized spacial score (nSPS) is 12.2. The molecular formula is C13H20N2O2S. The van der Waals surface area contributed by atoms with Gasteiger partial charge in [-0.1, -0.05) is 6.92 Å². The van der Waals surface area contributed by atoms with Crippen LogP contribution in [0.2, 0.25) is 0 Å². The van der Waals surface area contributed by atoms with E-state index < -0.39 is 0 Å². The summed E-state index contributed by atoms with van der Waals surface area (Å²) in [6, 6.07) is 5.51. The molecule has 0 heterocycles. The van der Waals surface area contributed by atoms with Crippen molar-refractivity contribution in [2.45, 2.75) is 24.3 Å². The van der Waals surface area contributed by atoms with Gasteiger partial charge in [0.05, 0.1) is 7.11 Å². The lowest BCUT2D eigenvalue weighted by Gasteiger charge is -2.13. The van der Waals surface area contributed by atoms with Crippen LogP contribution >= 0.6 is 11.8 Å². The molecule has 1 aromatic rings. The van der Waals surface area contributed by atoms with Crippen LogP contribution in [0, 0.1) is 5.41 Å². The van der Waals surface area contributed by atoms with Gasteiger partial charge in [-0.25, -0.2) is 0 Å². The molecule has 0 aliphatic heterocycles. The maximum absolute atomic E-state index is 8.87. The molecule has 1 unspecified atom stereocenters. The lowest BCUT2D eigenvalue weighted by molar-refractivity contribution is 0.289. The van der Waals surface area contributed by atoms with E-state index in [1.807, 2.05) is 12.1 Å². The van der Waals surface area contributed by atoms with E-state index in [1.165, 1.54) is 0 Å². The van der Waals surface area contributed by atoms with Crippen molar-refractivity contribution < 1.29 is 9.84 Å². The van der Waals surface area contributed by atoms with Crippen molar-refractivity contribution in [1.82, 2.24) is 0 Å². The molecule has 0 radical (unpaired) electrons. The largest absolute Gasteiger partial charge is 0.496 e. The second-order valence-corrected chi connectivity index (χ2v) is 5.50. The van der Waals surface area contributed by atoms with E-state index >= 15 is 0 Å². The van der Waals surface area contributed by atoms with Gasteiger partial charge >= 0.3 is 0 Å². The molecule has 18 heavy (non-hydrogen) atoms. The molecule has 1 aromatic carbocycles. The molecule has 5 heteroatoms. The smallest absolute Gasteiger partial charge is 0.122 e. The Morgan fingerprint density at radius 1 is 1.56 bits per heavy atom. The molecule has 0 amide bonds. The molecule has 0 aliphatic carbocycles. The quantitative estimate of drug-likeness (QED) is 0.522. The Labute approximate surface area is 112 Å². The fraction of sp³-hybridized carbons (Fsp3) is 0.462. The van der Waals surface area contributed by atoms with Crippen LogP contribution in [-0.4, -0.2) is 29.9 Å². The maximum atomic E-state index is 8.87. The van der Waals surface area contributed by atoms with E-state index in [-0.39, 0.29) is 12.4 Å². The minimum atomic E-state index is 0.0623. The van der Waals surface area contributed by atoms with Crippen LogP contribution in [0.4, 0.5) is 0 Å². The number of nitrogen functional groups attached to an aromatic ring is 1. The average Bonchev–Trinajstić information content (AvgIpc) is 2.36. The summed E-state index contributed by atoms with van der Waals surface area (Å²) in [5.74, 6) is 1.65. The number of hydrogen-bond donors (Lipinski definition) is 3. The van der Waals surface area contributed by atoms with Gasteiger partial charge in [-0.15, -0.1) is 0 Å². The van der Waals surface area contributed by atoms with E-state index in [4.69, 9.17) is 21.0 Å². The summed E-state index contributed by atoms with van der Waals surface area (Å²) in [4.78, 5) is 0. The lowest BCUT2D eigenvalue weighted by atomic mass is 10.1. The molecule has 1 rings (SSSR count). The van der Waals surface area contributed by atoms with Crippen molar-refractivity contribution in [3.05, 3.63) is 29.3 Å². The highest BCUT2D eigenvalue weighted by atomic mass is 32.2. The molecule has 0 saturated carbocycles. The average molecular weight is 268 g/mol. The van der Waals surface area contributed by atoms with Crippen molar-refractivity contribution in [1.29, 1.82) is 5.41 Å². The Bertz CT molecular complexity index is 410. The van der Waals surface area contributed by atoms with Crippen molar-refractivity contribution in [2.75, 3.05) is 13.7 Å². The molecule has 0 bridgehead atoms. The van der Waals surface area contributed by atoms with Crippen LogP contribution in [0.5, 0.6) is 5.75 Å². The summed E-state index contributed by atoms with van der Waals surface area (Å²) < 4.78 is 5.30. The SMILES string of the molecule is COc1ccc(C(=N)N)cc1CSC(C)CCO. The summed E-state index contributed by atoms with van der Waals surface area (Å²) in [6.07, 6.45) is 0.777. The van der Waals surface area contributed by atoms with Gasteiger partial charge in [-0.2, -0.15) is 11.8 Å². The summed E-state index contributed by atoms with van der Waals surface area (Å²) in [5, 5.41) is 16.7. The zero-order valence-corrected chi connectivity index (χ0v) is 11.6. The number of nitrogens with one attached hydrogen (secondary N) is 1. The number of hydrogen-bond acceptors (Lipinski definition) is 4. The van der Waals surface area contributed by atoms with Gasteiger partial charge in [0.15, 0.2) is 0 Å². The molecule has 1 atom stereocenters. The molecule has 0 aliphatic rings. The Hall–Kier alpha value is -1.20. The third-order valence-corrected chi connectivity index (χ3v) is 3.93. The van der Waals surface area contributed by atoms with E-state index in [2.05, 4.69) is 6.92 Å². The van der Waals surface area contributed by atoms with Gasteiger partial charge < -0.3 is 15.6 Å². The number of methoxy groups -OCH3 is 1. The van der Waals surface area contributed by atoms with E-state index in [1.54, 1.807) is 24.9 Å². The molecule has 4 nitrogen and oxygen atoms in total. The number of rotatable bonds is 7. The number of ether oxygens (including phenoxy) is 1. The zero-order chi connectivity index (χ0) is 13.5. The molecule has 4 N–H and O–H groups in total. The second kappa shape index (κ2) is 7.28. The van der Waals surface area contributed by atoms with Gasteiger partial charge in [-0.05, 0) is 24.6 Å². The summed E-state index contributed by atoms with van der Waals surface area (Å²) in [5.41, 5.74) is 7.22. The van der Waals surface area contributed by atoms with Crippen LogP contribution < -0.4 is 10.5 Å². The molecule has 0 saturated heterocycles. The Balaban J connectivity index is 2.78. The fourth-order valence-electron chi connectivity index (χ4n) is 1.56. The first-order chi connectivity index (χ1) is 8.58. The van der Waals surface area contributed by atoms with Crippen LogP contribution in [0.25, 0.3) is 0 Å². The molecular weight excluding hydrogens is 248 g/mol. The monoisotopic (exact) mass is 268 g/mol. The van der Waals surface area contributed by atoms with E-state index in [0.717, 1.165) is 23.5 Å². The Morgan fingerprint density at radius 2 is 2.28 bits per heavy atom. The first kappa shape index (κ1) is 14.9. The minimum Gasteiger partial charge on any atom is -0.496 e. The number of amidine groups is 1. The van der Waals surface area contributed by atoms with Crippen LogP contribution in [0.1, 0.15) is 24.5 Å². The fourth-order valence-corrected chi connectivity index (χ4v) is 2.52. The highest BCUT2D eigenvalue weighted by Crippen LogP contribution is 2.27. The second-order valence-electron chi connectivity index (χ2n) is 4.07. The first-order valence-electron chi connectivity index (χ1n) is 5.82. The maximum Gasteiger partial charge on any atom is 0.122 e.